The molecule has 1 aromatic carbocycles. The van der Waals surface area contributed by atoms with E-state index in [0.29, 0.717) is 32.0 Å². The van der Waals surface area contributed by atoms with Crippen molar-refractivity contribution >= 4 is 17.2 Å². The number of rotatable bonds is 5. The van der Waals surface area contributed by atoms with Crippen LogP contribution in [0.5, 0.6) is 5.75 Å². The standard InChI is InChI=1S/C17H20N2O3S/c1-12-11-23-17(21)19(12)7-6-16(20)18-9-13-8-14-4-2-3-5-15(14)22-10-13/h2-5,11,13H,6-10H2,1H3,(H,18,20). The molecule has 6 heteroatoms. The lowest BCUT2D eigenvalue weighted by atomic mass is 9.97. The van der Waals surface area contributed by atoms with E-state index in [-0.39, 0.29) is 10.8 Å². The minimum absolute atomic E-state index is 0.00686. The zero-order valence-electron chi connectivity index (χ0n) is 13.1. The number of ether oxygens (including phenoxy) is 1. The molecule has 2 heterocycles. The maximum absolute atomic E-state index is 12.0. The van der Waals surface area contributed by atoms with Crippen molar-refractivity contribution in [2.75, 3.05) is 13.2 Å². The van der Waals surface area contributed by atoms with Crippen LogP contribution < -0.4 is 14.9 Å². The van der Waals surface area contributed by atoms with Gasteiger partial charge in [-0.15, -0.1) is 0 Å². The predicted octanol–water partition coefficient (Wildman–Crippen LogP) is 1.98. The van der Waals surface area contributed by atoms with Gasteiger partial charge < -0.3 is 14.6 Å². The first-order valence-corrected chi connectivity index (χ1v) is 8.64. The summed E-state index contributed by atoms with van der Waals surface area (Å²) in [6.45, 7) is 3.54. The van der Waals surface area contributed by atoms with Crippen LogP contribution in [0.4, 0.5) is 0 Å². The molecule has 1 aromatic heterocycles. The predicted molar refractivity (Wildman–Crippen MR) is 90.1 cm³/mol. The number of para-hydroxylation sites is 1. The van der Waals surface area contributed by atoms with E-state index in [4.69, 9.17) is 4.74 Å². The number of nitrogens with one attached hydrogen (secondary N) is 1. The number of aromatic nitrogens is 1. The normalized spacial score (nSPS) is 16.5. The Balaban J connectivity index is 1.46. The molecule has 1 aliphatic heterocycles. The number of benzene rings is 1. The first kappa shape index (κ1) is 15.8. The van der Waals surface area contributed by atoms with Gasteiger partial charge in [-0.05, 0) is 25.0 Å². The molecule has 1 unspecified atom stereocenters. The van der Waals surface area contributed by atoms with Gasteiger partial charge >= 0.3 is 4.87 Å². The van der Waals surface area contributed by atoms with Crippen molar-refractivity contribution in [2.45, 2.75) is 26.3 Å². The minimum atomic E-state index is -0.0265. The molecule has 1 N–H and O–H groups in total. The zero-order valence-corrected chi connectivity index (χ0v) is 13.9. The number of fused-ring (bicyclic) bond motifs is 1. The van der Waals surface area contributed by atoms with Crippen LogP contribution >= 0.6 is 11.3 Å². The molecule has 1 atom stereocenters. The second-order valence-corrected chi connectivity index (χ2v) is 6.66. The molecule has 2 aromatic rings. The molecule has 1 amide bonds. The van der Waals surface area contributed by atoms with Gasteiger partial charge in [-0.25, -0.2) is 0 Å². The highest BCUT2D eigenvalue weighted by atomic mass is 32.1. The van der Waals surface area contributed by atoms with E-state index in [1.165, 1.54) is 16.9 Å². The van der Waals surface area contributed by atoms with Crippen LogP contribution in [-0.2, 0) is 17.8 Å². The summed E-state index contributed by atoms with van der Waals surface area (Å²) in [5.74, 6) is 1.21. The van der Waals surface area contributed by atoms with Gasteiger partial charge in [0.2, 0.25) is 5.91 Å². The molecule has 0 spiro atoms. The fourth-order valence-electron chi connectivity index (χ4n) is 2.76. The van der Waals surface area contributed by atoms with E-state index < -0.39 is 0 Å². The average Bonchev–Trinajstić information content (AvgIpc) is 2.89. The molecule has 0 saturated heterocycles. The Morgan fingerprint density at radius 1 is 1.43 bits per heavy atom. The molecule has 1 aliphatic rings. The lowest BCUT2D eigenvalue weighted by Crippen LogP contribution is -2.35. The number of aryl methyl sites for hydroxylation is 1. The molecule has 0 bridgehead atoms. The summed E-state index contributed by atoms with van der Waals surface area (Å²) >= 11 is 1.17. The first-order chi connectivity index (χ1) is 11.1. The topological polar surface area (TPSA) is 60.3 Å². The average molecular weight is 332 g/mol. The smallest absolute Gasteiger partial charge is 0.307 e. The van der Waals surface area contributed by atoms with Crippen molar-refractivity contribution in [3.05, 3.63) is 50.6 Å². The van der Waals surface area contributed by atoms with E-state index in [0.717, 1.165) is 17.9 Å². The van der Waals surface area contributed by atoms with Gasteiger partial charge in [-0.2, -0.15) is 0 Å². The SMILES string of the molecule is Cc1csc(=O)n1CCC(=O)NCC1COc2ccccc2C1. The number of hydrogen-bond acceptors (Lipinski definition) is 4. The van der Waals surface area contributed by atoms with E-state index >= 15 is 0 Å². The van der Waals surface area contributed by atoms with Crippen LogP contribution in [-0.4, -0.2) is 23.6 Å². The van der Waals surface area contributed by atoms with E-state index in [2.05, 4.69) is 11.4 Å². The molecular formula is C17H20N2O3S. The number of hydrogen-bond donors (Lipinski definition) is 1. The third kappa shape index (κ3) is 3.82. The Kier molecular flexibility index (Phi) is 4.81. The van der Waals surface area contributed by atoms with Gasteiger partial charge in [0.1, 0.15) is 5.75 Å². The summed E-state index contributed by atoms with van der Waals surface area (Å²) in [6.07, 6.45) is 1.24. The number of carbonyl (C=O) groups excluding carboxylic acids is 1. The second kappa shape index (κ2) is 7.00. The molecule has 0 aliphatic carbocycles. The van der Waals surface area contributed by atoms with Gasteiger partial charge in [-0.1, -0.05) is 29.5 Å². The van der Waals surface area contributed by atoms with Gasteiger partial charge in [0, 0.05) is 36.5 Å². The Labute approximate surface area is 138 Å². The van der Waals surface area contributed by atoms with Crippen LogP contribution in [0.1, 0.15) is 17.7 Å². The largest absolute Gasteiger partial charge is 0.493 e. The van der Waals surface area contributed by atoms with Gasteiger partial charge in [0.25, 0.3) is 0 Å². The quantitative estimate of drug-likeness (QED) is 0.911. The maximum atomic E-state index is 12.0. The third-order valence-corrected chi connectivity index (χ3v) is 4.96. The van der Waals surface area contributed by atoms with Gasteiger partial charge in [0.15, 0.2) is 0 Å². The second-order valence-electron chi connectivity index (χ2n) is 5.84. The van der Waals surface area contributed by atoms with Crippen LogP contribution in [0.3, 0.4) is 0 Å². The summed E-state index contributed by atoms with van der Waals surface area (Å²) in [7, 11) is 0. The number of carbonyl (C=O) groups is 1. The van der Waals surface area contributed by atoms with Crippen LogP contribution in [0.15, 0.2) is 34.4 Å². The monoisotopic (exact) mass is 332 g/mol. The van der Waals surface area contributed by atoms with Crippen molar-refractivity contribution in [1.29, 1.82) is 0 Å². The van der Waals surface area contributed by atoms with E-state index in [1.807, 2.05) is 30.5 Å². The summed E-state index contributed by atoms with van der Waals surface area (Å²) in [6, 6.07) is 8.01. The molecule has 0 radical (unpaired) electrons. The molecule has 3 rings (SSSR count). The van der Waals surface area contributed by atoms with Crippen molar-refractivity contribution in [3.8, 4) is 5.75 Å². The lowest BCUT2D eigenvalue weighted by Gasteiger charge is -2.25. The highest BCUT2D eigenvalue weighted by Crippen LogP contribution is 2.26. The highest BCUT2D eigenvalue weighted by molar-refractivity contribution is 7.07. The number of thiazole rings is 1. The molecule has 0 saturated carbocycles. The molecule has 23 heavy (non-hydrogen) atoms. The highest BCUT2D eigenvalue weighted by Gasteiger charge is 2.19. The van der Waals surface area contributed by atoms with Gasteiger partial charge in [0.05, 0.1) is 6.61 Å². The minimum Gasteiger partial charge on any atom is -0.493 e. The molecule has 5 nitrogen and oxygen atoms in total. The van der Waals surface area contributed by atoms with Crippen LogP contribution in [0.2, 0.25) is 0 Å². The summed E-state index contributed by atoms with van der Waals surface area (Å²) in [5.41, 5.74) is 2.10. The Hall–Kier alpha value is -2.08. The summed E-state index contributed by atoms with van der Waals surface area (Å²) in [5, 5.41) is 4.77. The molecule has 122 valence electrons. The Morgan fingerprint density at radius 3 is 3.04 bits per heavy atom. The Morgan fingerprint density at radius 2 is 2.26 bits per heavy atom. The van der Waals surface area contributed by atoms with Crippen molar-refractivity contribution in [1.82, 2.24) is 9.88 Å². The van der Waals surface area contributed by atoms with Crippen molar-refractivity contribution in [2.24, 2.45) is 5.92 Å². The van der Waals surface area contributed by atoms with Crippen LogP contribution in [0, 0.1) is 12.8 Å². The van der Waals surface area contributed by atoms with Crippen molar-refractivity contribution in [3.63, 3.8) is 0 Å². The first-order valence-electron chi connectivity index (χ1n) is 7.76. The number of nitrogens with zero attached hydrogens (tertiary/aromatic N) is 1. The third-order valence-electron chi connectivity index (χ3n) is 4.08. The lowest BCUT2D eigenvalue weighted by molar-refractivity contribution is -0.121. The zero-order chi connectivity index (χ0) is 16.2. The fourth-order valence-corrected chi connectivity index (χ4v) is 3.52. The summed E-state index contributed by atoms with van der Waals surface area (Å²) in [4.78, 5) is 23.6. The van der Waals surface area contributed by atoms with E-state index in [9.17, 15) is 9.59 Å². The van der Waals surface area contributed by atoms with Crippen molar-refractivity contribution < 1.29 is 9.53 Å². The van der Waals surface area contributed by atoms with Gasteiger partial charge in [-0.3, -0.25) is 9.59 Å². The number of amides is 1. The maximum Gasteiger partial charge on any atom is 0.307 e. The Bertz CT molecular complexity index is 750. The fraction of sp³-hybridized carbons (Fsp3) is 0.412. The molecule has 0 fully saturated rings. The van der Waals surface area contributed by atoms with Crippen LogP contribution in [0.25, 0.3) is 0 Å². The summed E-state index contributed by atoms with van der Waals surface area (Å²) < 4.78 is 7.37. The van der Waals surface area contributed by atoms with E-state index in [1.54, 1.807) is 4.57 Å². The molecular weight excluding hydrogens is 312 g/mol.